The molecule has 0 atom stereocenters. The number of hydrogen-bond donors (Lipinski definition) is 1. The molecular formula is C11H19NOSi. The lowest BCUT2D eigenvalue weighted by Gasteiger charge is -2.26. The zero-order chi connectivity index (χ0) is 10.8. The van der Waals surface area contributed by atoms with Crippen LogP contribution in [0.4, 0.5) is 0 Å². The van der Waals surface area contributed by atoms with Crippen LogP contribution in [0.15, 0.2) is 23.4 Å². The molecule has 1 aliphatic rings. The molecule has 0 radical (unpaired) electrons. The SMILES string of the molecule is CC(C)C(=O)N[Si](C)(C)C1=CC=CC1. The lowest BCUT2D eigenvalue weighted by Crippen LogP contribution is -2.51. The minimum Gasteiger partial charge on any atom is -0.378 e. The lowest BCUT2D eigenvalue weighted by molar-refractivity contribution is -0.122. The van der Waals surface area contributed by atoms with Crippen molar-refractivity contribution < 1.29 is 4.79 Å². The normalized spacial score (nSPS) is 15.9. The highest BCUT2D eigenvalue weighted by atomic mass is 28.3. The van der Waals surface area contributed by atoms with Crippen LogP contribution in [-0.2, 0) is 4.79 Å². The third-order valence-corrected chi connectivity index (χ3v) is 5.38. The molecule has 2 nitrogen and oxygen atoms in total. The van der Waals surface area contributed by atoms with E-state index < -0.39 is 8.24 Å². The van der Waals surface area contributed by atoms with E-state index in [0.29, 0.717) is 0 Å². The van der Waals surface area contributed by atoms with Gasteiger partial charge < -0.3 is 4.98 Å². The Morgan fingerprint density at radius 3 is 2.57 bits per heavy atom. The van der Waals surface area contributed by atoms with Crippen LogP contribution >= 0.6 is 0 Å². The number of amides is 1. The Morgan fingerprint density at radius 2 is 2.14 bits per heavy atom. The second-order valence-corrected chi connectivity index (χ2v) is 8.74. The Hall–Kier alpha value is -0.833. The summed E-state index contributed by atoms with van der Waals surface area (Å²) in [6, 6.07) is 0. The Labute approximate surface area is 87.2 Å². The van der Waals surface area contributed by atoms with Gasteiger partial charge >= 0.3 is 0 Å². The summed E-state index contributed by atoms with van der Waals surface area (Å²) in [5, 5.41) is 1.41. The molecule has 1 rings (SSSR count). The van der Waals surface area contributed by atoms with Gasteiger partial charge in [-0.15, -0.1) is 0 Å². The molecule has 0 heterocycles. The quantitative estimate of drug-likeness (QED) is 0.710. The number of rotatable bonds is 3. The van der Waals surface area contributed by atoms with Crippen LogP contribution in [0.25, 0.3) is 0 Å². The summed E-state index contributed by atoms with van der Waals surface area (Å²) in [5.74, 6) is 0.256. The second-order valence-electron chi connectivity index (χ2n) is 4.59. The van der Waals surface area contributed by atoms with E-state index in [-0.39, 0.29) is 11.8 Å². The fourth-order valence-corrected chi connectivity index (χ4v) is 3.65. The zero-order valence-corrected chi connectivity index (χ0v) is 10.4. The van der Waals surface area contributed by atoms with Gasteiger partial charge in [0.25, 0.3) is 0 Å². The standard InChI is InChI=1S/C11H19NOSi/c1-9(2)11(13)12-14(3,4)10-7-5-6-8-10/h5-7,9H,8H2,1-4H3,(H,12,13). The van der Waals surface area contributed by atoms with E-state index in [1.807, 2.05) is 13.8 Å². The monoisotopic (exact) mass is 209 g/mol. The highest BCUT2D eigenvalue weighted by Crippen LogP contribution is 2.20. The first-order chi connectivity index (χ1) is 6.43. The van der Waals surface area contributed by atoms with Crippen molar-refractivity contribution in [3.63, 3.8) is 0 Å². The van der Waals surface area contributed by atoms with Gasteiger partial charge in [0.2, 0.25) is 5.91 Å². The predicted octanol–water partition coefficient (Wildman–Crippen LogP) is 2.39. The van der Waals surface area contributed by atoms with Crippen molar-refractivity contribution in [2.75, 3.05) is 0 Å². The third kappa shape index (κ3) is 2.58. The topological polar surface area (TPSA) is 29.1 Å². The van der Waals surface area contributed by atoms with Crippen molar-refractivity contribution >= 4 is 14.1 Å². The van der Waals surface area contributed by atoms with Crippen LogP contribution in [0, 0.1) is 5.92 Å². The van der Waals surface area contributed by atoms with Gasteiger partial charge in [0.05, 0.1) is 0 Å². The Balaban J connectivity index is 2.62. The highest BCUT2D eigenvalue weighted by molar-refractivity contribution is 6.83. The lowest BCUT2D eigenvalue weighted by atomic mass is 10.2. The van der Waals surface area contributed by atoms with Gasteiger partial charge in [-0.25, -0.2) is 0 Å². The maximum absolute atomic E-state index is 11.6. The molecule has 0 aromatic heterocycles. The van der Waals surface area contributed by atoms with E-state index in [4.69, 9.17) is 0 Å². The molecule has 0 unspecified atom stereocenters. The maximum atomic E-state index is 11.6. The summed E-state index contributed by atoms with van der Waals surface area (Å²) >= 11 is 0. The molecule has 0 aromatic carbocycles. The first-order valence-corrected chi connectivity index (χ1v) is 8.11. The van der Waals surface area contributed by atoms with Gasteiger partial charge in [-0.1, -0.05) is 37.3 Å². The maximum Gasteiger partial charge on any atom is 0.215 e. The van der Waals surface area contributed by atoms with Crippen LogP contribution in [0.3, 0.4) is 0 Å². The van der Waals surface area contributed by atoms with Crippen molar-refractivity contribution in [1.82, 2.24) is 4.98 Å². The van der Waals surface area contributed by atoms with Gasteiger partial charge in [0, 0.05) is 5.92 Å². The molecule has 14 heavy (non-hydrogen) atoms. The molecular weight excluding hydrogens is 190 g/mol. The Kier molecular flexibility index (Phi) is 3.32. The first kappa shape index (κ1) is 11.2. The summed E-state index contributed by atoms with van der Waals surface area (Å²) in [6.45, 7) is 8.24. The molecule has 78 valence electrons. The van der Waals surface area contributed by atoms with E-state index >= 15 is 0 Å². The predicted molar refractivity (Wildman–Crippen MR) is 62.3 cm³/mol. The van der Waals surface area contributed by atoms with E-state index in [1.54, 1.807) is 0 Å². The smallest absolute Gasteiger partial charge is 0.215 e. The van der Waals surface area contributed by atoms with Crippen LogP contribution in [0.2, 0.25) is 13.1 Å². The highest BCUT2D eigenvalue weighted by Gasteiger charge is 2.29. The molecule has 0 aliphatic heterocycles. The van der Waals surface area contributed by atoms with Gasteiger partial charge in [0.15, 0.2) is 8.24 Å². The molecule has 1 amide bonds. The fraction of sp³-hybridized carbons (Fsp3) is 0.545. The van der Waals surface area contributed by atoms with E-state index in [0.717, 1.165) is 6.42 Å². The first-order valence-electron chi connectivity index (χ1n) is 5.11. The van der Waals surface area contributed by atoms with Gasteiger partial charge in [-0.2, -0.15) is 0 Å². The van der Waals surface area contributed by atoms with E-state index in [2.05, 4.69) is 36.3 Å². The Bertz CT molecular complexity index is 290. The molecule has 1 N–H and O–H groups in total. The molecule has 0 aromatic rings. The summed E-state index contributed by atoms with van der Waals surface area (Å²) in [7, 11) is -1.70. The largest absolute Gasteiger partial charge is 0.378 e. The fourth-order valence-electron chi connectivity index (χ4n) is 1.44. The van der Waals surface area contributed by atoms with E-state index in [9.17, 15) is 4.79 Å². The van der Waals surface area contributed by atoms with Crippen LogP contribution in [-0.4, -0.2) is 14.1 Å². The van der Waals surface area contributed by atoms with Crippen molar-refractivity contribution in [1.29, 1.82) is 0 Å². The number of allylic oxidation sites excluding steroid dienone is 4. The number of carbonyl (C=O) groups excluding carboxylic acids is 1. The molecule has 0 saturated carbocycles. The minimum atomic E-state index is -1.70. The summed E-state index contributed by atoms with van der Waals surface area (Å²) in [4.78, 5) is 14.8. The molecule has 0 saturated heterocycles. The van der Waals surface area contributed by atoms with Crippen molar-refractivity contribution in [2.45, 2.75) is 33.4 Å². The van der Waals surface area contributed by atoms with Crippen molar-refractivity contribution in [3.05, 3.63) is 23.4 Å². The molecule has 1 aliphatic carbocycles. The van der Waals surface area contributed by atoms with E-state index in [1.165, 1.54) is 5.20 Å². The summed E-state index contributed by atoms with van der Waals surface area (Å²) < 4.78 is 0. The number of nitrogens with one attached hydrogen (secondary N) is 1. The minimum absolute atomic E-state index is 0.0803. The van der Waals surface area contributed by atoms with Gasteiger partial charge in [-0.3, -0.25) is 4.79 Å². The van der Waals surface area contributed by atoms with Crippen LogP contribution in [0.5, 0.6) is 0 Å². The van der Waals surface area contributed by atoms with Crippen LogP contribution < -0.4 is 4.98 Å². The summed E-state index contributed by atoms with van der Waals surface area (Å²) in [5.41, 5.74) is 0. The average molecular weight is 209 g/mol. The third-order valence-electron chi connectivity index (χ3n) is 2.53. The molecule has 3 heteroatoms. The zero-order valence-electron chi connectivity index (χ0n) is 9.42. The molecule has 0 bridgehead atoms. The molecule has 0 fully saturated rings. The van der Waals surface area contributed by atoms with Crippen LogP contribution in [0.1, 0.15) is 20.3 Å². The van der Waals surface area contributed by atoms with Crippen molar-refractivity contribution in [3.8, 4) is 0 Å². The average Bonchev–Trinajstić information content (AvgIpc) is 2.54. The summed E-state index contributed by atoms with van der Waals surface area (Å²) in [6.07, 6.45) is 7.38. The Morgan fingerprint density at radius 1 is 1.50 bits per heavy atom. The number of carbonyl (C=O) groups is 1. The number of hydrogen-bond acceptors (Lipinski definition) is 1. The second kappa shape index (κ2) is 4.13. The van der Waals surface area contributed by atoms with Crippen molar-refractivity contribution in [2.24, 2.45) is 5.92 Å². The van der Waals surface area contributed by atoms with Gasteiger partial charge in [-0.05, 0) is 19.5 Å². The molecule has 0 spiro atoms. The van der Waals surface area contributed by atoms with Gasteiger partial charge in [0.1, 0.15) is 0 Å².